The number of nitrogens with zero attached hydrogens (tertiary/aromatic N) is 3. The second-order valence-corrected chi connectivity index (χ2v) is 7.74. The average molecular weight is 480 g/mol. The Morgan fingerprint density at radius 3 is 2.60 bits per heavy atom. The van der Waals surface area contributed by atoms with Gasteiger partial charge in [-0.2, -0.15) is 14.9 Å². The van der Waals surface area contributed by atoms with Gasteiger partial charge in [-0.1, -0.05) is 34.8 Å². The molecule has 4 aromatic rings. The minimum absolute atomic E-state index is 0.163. The van der Waals surface area contributed by atoms with Crippen molar-refractivity contribution in [3.8, 4) is 17.1 Å². The number of rotatable bonds is 6. The zero-order chi connectivity index (χ0) is 21.1. The molecule has 0 saturated heterocycles. The molecule has 2 heterocycles. The van der Waals surface area contributed by atoms with E-state index in [1.807, 2.05) is 0 Å². The van der Waals surface area contributed by atoms with Crippen LogP contribution in [-0.4, -0.2) is 21.1 Å². The smallest absolute Gasteiger partial charge is 0.216 e. The van der Waals surface area contributed by atoms with Crippen LogP contribution in [0.2, 0.25) is 15.1 Å². The van der Waals surface area contributed by atoms with Gasteiger partial charge in [0.15, 0.2) is 5.82 Å². The van der Waals surface area contributed by atoms with Crippen LogP contribution in [0.4, 0.5) is 0 Å². The zero-order valence-electron chi connectivity index (χ0n) is 15.2. The van der Waals surface area contributed by atoms with E-state index in [0.717, 1.165) is 5.56 Å². The van der Waals surface area contributed by atoms with Crippen LogP contribution >= 0.6 is 47.0 Å². The molecule has 0 bridgehead atoms. The molecule has 0 atom stereocenters. The molecular weight excluding hydrogens is 467 g/mol. The lowest BCUT2D eigenvalue weighted by atomic mass is 10.2. The van der Waals surface area contributed by atoms with Crippen LogP contribution in [0.15, 0.2) is 64.1 Å². The second-order valence-electron chi connectivity index (χ2n) is 6.07. The van der Waals surface area contributed by atoms with Crippen molar-refractivity contribution in [3.05, 3.63) is 86.0 Å². The van der Waals surface area contributed by atoms with Crippen LogP contribution in [0.25, 0.3) is 11.3 Å². The maximum Gasteiger partial charge on any atom is 0.216 e. The quantitative estimate of drug-likeness (QED) is 0.249. The molecule has 4 rings (SSSR count). The Labute approximate surface area is 191 Å². The first-order valence-corrected chi connectivity index (χ1v) is 10.2. The number of furan rings is 1. The lowest BCUT2D eigenvalue weighted by Crippen LogP contribution is -2.04. The Kier molecular flexibility index (Phi) is 6.24. The molecule has 152 valence electrons. The van der Waals surface area contributed by atoms with Gasteiger partial charge < -0.3 is 9.15 Å². The van der Waals surface area contributed by atoms with E-state index in [-0.39, 0.29) is 6.61 Å². The molecule has 0 fully saturated rings. The number of hydrogen-bond acceptors (Lipinski definition) is 5. The van der Waals surface area contributed by atoms with Crippen LogP contribution in [0.3, 0.4) is 0 Å². The van der Waals surface area contributed by atoms with Gasteiger partial charge in [0.05, 0.1) is 11.2 Å². The Hall–Kier alpha value is -2.58. The molecule has 0 aliphatic heterocycles. The molecular formula is C20H13Cl3N4O2S. The topological polar surface area (TPSA) is 68.3 Å². The van der Waals surface area contributed by atoms with Crippen molar-refractivity contribution in [3.63, 3.8) is 0 Å². The number of hydrogen-bond donors (Lipinski definition) is 1. The van der Waals surface area contributed by atoms with E-state index in [1.54, 1.807) is 54.6 Å². The zero-order valence-corrected chi connectivity index (χ0v) is 18.3. The van der Waals surface area contributed by atoms with Gasteiger partial charge in [-0.3, -0.25) is 0 Å². The van der Waals surface area contributed by atoms with Crippen LogP contribution in [-0.2, 0) is 6.61 Å². The summed E-state index contributed by atoms with van der Waals surface area (Å²) in [6.07, 6.45) is 1.53. The number of H-pyrrole nitrogens is 1. The number of aromatic nitrogens is 3. The highest BCUT2D eigenvalue weighted by Crippen LogP contribution is 2.31. The third-order valence-electron chi connectivity index (χ3n) is 4.02. The molecule has 0 aliphatic rings. The molecule has 10 heteroatoms. The number of nitrogens with one attached hydrogen (secondary N) is 1. The van der Waals surface area contributed by atoms with Gasteiger partial charge in [0.25, 0.3) is 0 Å². The molecule has 6 nitrogen and oxygen atoms in total. The fourth-order valence-corrected chi connectivity index (χ4v) is 3.41. The summed E-state index contributed by atoms with van der Waals surface area (Å²) in [5.41, 5.74) is 0.734. The highest BCUT2D eigenvalue weighted by atomic mass is 35.5. The number of aromatic amines is 1. The molecule has 30 heavy (non-hydrogen) atoms. The predicted octanol–water partition coefficient (Wildman–Crippen LogP) is 6.62. The van der Waals surface area contributed by atoms with Crippen molar-refractivity contribution in [2.45, 2.75) is 6.61 Å². The lowest BCUT2D eigenvalue weighted by molar-refractivity contribution is 0.290. The third kappa shape index (κ3) is 4.76. The minimum atomic E-state index is 0.163. The van der Waals surface area contributed by atoms with Crippen LogP contribution in [0.5, 0.6) is 5.75 Å². The number of halogens is 3. The number of ether oxygens (including phenoxy) is 1. The fourth-order valence-electron chi connectivity index (χ4n) is 2.59. The molecule has 2 aromatic heterocycles. The highest BCUT2D eigenvalue weighted by Gasteiger charge is 2.10. The molecule has 0 radical (unpaired) electrons. The first-order valence-electron chi connectivity index (χ1n) is 8.64. The van der Waals surface area contributed by atoms with E-state index in [4.69, 9.17) is 56.2 Å². The minimum Gasteiger partial charge on any atom is -0.486 e. The molecule has 0 spiro atoms. The van der Waals surface area contributed by atoms with Crippen molar-refractivity contribution in [1.82, 2.24) is 14.9 Å². The van der Waals surface area contributed by atoms with Crippen LogP contribution < -0.4 is 4.74 Å². The van der Waals surface area contributed by atoms with Gasteiger partial charge in [-0.15, -0.1) is 0 Å². The largest absolute Gasteiger partial charge is 0.486 e. The van der Waals surface area contributed by atoms with Crippen LogP contribution in [0, 0.1) is 4.77 Å². The third-order valence-corrected chi connectivity index (χ3v) is 5.09. The monoisotopic (exact) mass is 478 g/mol. The van der Waals surface area contributed by atoms with Gasteiger partial charge in [0.2, 0.25) is 4.77 Å². The normalized spacial score (nSPS) is 11.3. The predicted molar refractivity (Wildman–Crippen MR) is 120 cm³/mol. The van der Waals surface area contributed by atoms with Gasteiger partial charge in [0.1, 0.15) is 23.9 Å². The summed E-state index contributed by atoms with van der Waals surface area (Å²) in [6.45, 7) is 0.163. The second kappa shape index (κ2) is 9.06. The Morgan fingerprint density at radius 1 is 1.07 bits per heavy atom. The molecule has 2 aromatic carbocycles. The highest BCUT2D eigenvalue weighted by molar-refractivity contribution is 7.71. The Balaban J connectivity index is 1.51. The van der Waals surface area contributed by atoms with Gasteiger partial charge in [-0.05, 0) is 66.8 Å². The van der Waals surface area contributed by atoms with E-state index in [9.17, 15) is 0 Å². The van der Waals surface area contributed by atoms with Crippen molar-refractivity contribution >= 4 is 53.2 Å². The van der Waals surface area contributed by atoms with Crippen LogP contribution in [0.1, 0.15) is 11.6 Å². The summed E-state index contributed by atoms with van der Waals surface area (Å²) in [5.74, 6) is 2.27. The standard InChI is InChI=1S/C20H13Cl3N4O2S/c21-12-1-4-14(5-2-12)28-11-19-25-26-20(30)27(19)24-10-15-6-8-18(29-15)16-7-3-13(22)9-17(16)23/h1-10H,11H2,(H,26,30)/b24-10+. The van der Waals surface area contributed by atoms with Crippen molar-refractivity contribution in [1.29, 1.82) is 0 Å². The lowest BCUT2D eigenvalue weighted by Gasteiger charge is -2.05. The molecule has 0 amide bonds. The van der Waals surface area contributed by atoms with Crippen molar-refractivity contribution in [2.75, 3.05) is 0 Å². The molecule has 0 unspecified atom stereocenters. The molecule has 0 aliphatic carbocycles. The van der Waals surface area contributed by atoms with Crippen molar-refractivity contribution < 1.29 is 9.15 Å². The summed E-state index contributed by atoms with van der Waals surface area (Å²) in [7, 11) is 0. The summed E-state index contributed by atoms with van der Waals surface area (Å²) < 4.78 is 13.3. The number of benzene rings is 2. The summed E-state index contributed by atoms with van der Waals surface area (Å²) in [6, 6.07) is 15.8. The summed E-state index contributed by atoms with van der Waals surface area (Å²) in [5, 5.41) is 12.9. The maximum absolute atomic E-state index is 6.24. The molecule has 0 saturated carbocycles. The summed E-state index contributed by atoms with van der Waals surface area (Å²) >= 11 is 23.3. The van der Waals surface area contributed by atoms with E-state index < -0.39 is 0 Å². The van der Waals surface area contributed by atoms with Gasteiger partial charge >= 0.3 is 0 Å². The van der Waals surface area contributed by atoms with Crippen molar-refractivity contribution in [2.24, 2.45) is 5.10 Å². The Bertz CT molecular complexity index is 1260. The first-order chi connectivity index (χ1) is 14.5. The van der Waals surface area contributed by atoms with Gasteiger partial charge in [-0.25, -0.2) is 5.10 Å². The fraction of sp³-hybridized carbons (Fsp3) is 0.0500. The van der Waals surface area contributed by atoms with E-state index >= 15 is 0 Å². The van der Waals surface area contributed by atoms with Gasteiger partial charge in [0, 0.05) is 15.6 Å². The summed E-state index contributed by atoms with van der Waals surface area (Å²) in [4.78, 5) is 0. The average Bonchev–Trinajstić information content (AvgIpc) is 3.32. The van der Waals surface area contributed by atoms with E-state index in [2.05, 4.69) is 15.3 Å². The molecule has 1 N–H and O–H groups in total. The first kappa shape index (κ1) is 20.7. The SMILES string of the molecule is S=c1[nH]nc(COc2ccc(Cl)cc2)n1/N=C/c1ccc(-c2ccc(Cl)cc2Cl)o1. The van der Waals surface area contributed by atoms with E-state index in [1.165, 1.54) is 10.9 Å². The maximum atomic E-state index is 6.24. The van der Waals surface area contributed by atoms with E-state index in [0.29, 0.717) is 42.9 Å². The Morgan fingerprint density at radius 2 is 1.83 bits per heavy atom.